The molecule has 0 aliphatic carbocycles. The van der Waals surface area contributed by atoms with Crippen LogP contribution < -0.4 is 4.74 Å². The van der Waals surface area contributed by atoms with Gasteiger partial charge in [-0.1, -0.05) is 30.3 Å². The second-order valence-electron chi connectivity index (χ2n) is 5.09. The lowest BCUT2D eigenvalue weighted by Gasteiger charge is -2.24. The maximum atomic E-state index is 10.4. The minimum Gasteiger partial charge on any atom is -0.481 e. The van der Waals surface area contributed by atoms with Crippen molar-refractivity contribution < 1.29 is 14.9 Å². The lowest BCUT2D eigenvalue weighted by molar-refractivity contribution is 0.0954. The van der Waals surface area contributed by atoms with E-state index in [2.05, 4.69) is 4.98 Å². The largest absolute Gasteiger partial charge is 0.481 e. The topological polar surface area (TPSA) is 65.8 Å². The van der Waals surface area contributed by atoms with Gasteiger partial charge in [-0.25, -0.2) is 4.98 Å². The van der Waals surface area contributed by atoms with Gasteiger partial charge in [-0.2, -0.15) is 0 Å². The third-order valence-electron chi connectivity index (χ3n) is 3.45. The first-order valence-corrected chi connectivity index (χ1v) is 7.28. The van der Waals surface area contributed by atoms with Crippen molar-refractivity contribution in [3.05, 3.63) is 59.8 Å². The summed E-state index contributed by atoms with van der Waals surface area (Å²) in [4.78, 5) is 6.06. The smallest absolute Gasteiger partial charge is 0.213 e. The van der Waals surface area contributed by atoms with Crippen molar-refractivity contribution in [2.45, 2.75) is 12.6 Å². The fourth-order valence-electron chi connectivity index (χ4n) is 2.31. The predicted molar refractivity (Wildman–Crippen MR) is 84.6 cm³/mol. The molecule has 118 valence electrons. The van der Waals surface area contributed by atoms with Crippen LogP contribution in [0.1, 0.15) is 17.2 Å². The van der Waals surface area contributed by atoms with Crippen LogP contribution in [0.3, 0.4) is 0 Å². The van der Waals surface area contributed by atoms with Gasteiger partial charge in [0, 0.05) is 31.9 Å². The third kappa shape index (κ3) is 4.80. The molecule has 0 bridgehead atoms. The van der Waals surface area contributed by atoms with Crippen LogP contribution in [0.5, 0.6) is 5.88 Å². The molecule has 0 aliphatic rings. The minimum atomic E-state index is -0.660. The summed E-state index contributed by atoms with van der Waals surface area (Å²) in [5.41, 5.74) is 1.90. The van der Waals surface area contributed by atoms with Gasteiger partial charge >= 0.3 is 0 Å². The van der Waals surface area contributed by atoms with E-state index in [9.17, 15) is 10.2 Å². The summed E-state index contributed by atoms with van der Waals surface area (Å²) in [5.74, 6) is 0.480. The van der Waals surface area contributed by atoms with E-state index in [4.69, 9.17) is 4.74 Å². The molecule has 1 aromatic carbocycles. The van der Waals surface area contributed by atoms with Gasteiger partial charge in [0.25, 0.3) is 0 Å². The van der Waals surface area contributed by atoms with Gasteiger partial charge in [0.1, 0.15) is 0 Å². The molecule has 5 heteroatoms. The Hall–Kier alpha value is -1.95. The summed E-state index contributed by atoms with van der Waals surface area (Å²) in [6.45, 7) is 1.68. The lowest BCUT2D eigenvalue weighted by atomic mass is 10.1. The SMILES string of the molecule is COc1cc(C(O)CN(CCO)Cc2ccccc2)ccn1. The summed E-state index contributed by atoms with van der Waals surface area (Å²) in [7, 11) is 1.55. The van der Waals surface area contributed by atoms with E-state index < -0.39 is 6.10 Å². The van der Waals surface area contributed by atoms with Crippen molar-refractivity contribution >= 4 is 0 Å². The molecule has 5 nitrogen and oxygen atoms in total. The zero-order chi connectivity index (χ0) is 15.8. The first-order valence-electron chi connectivity index (χ1n) is 7.28. The molecule has 0 amide bonds. The van der Waals surface area contributed by atoms with Crippen molar-refractivity contribution in [2.75, 3.05) is 26.8 Å². The molecule has 2 aromatic rings. The van der Waals surface area contributed by atoms with Gasteiger partial charge in [-0.05, 0) is 17.2 Å². The number of methoxy groups -OCH3 is 1. The number of aromatic nitrogens is 1. The van der Waals surface area contributed by atoms with E-state index >= 15 is 0 Å². The minimum absolute atomic E-state index is 0.0548. The Bertz CT molecular complexity index is 563. The Morgan fingerprint density at radius 3 is 2.68 bits per heavy atom. The fraction of sp³-hybridized carbons (Fsp3) is 0.353. The highest BCUT2D eigenvalue weighted by atomic mass is 16.5. The number of ether oxygens (including phenoxy) is 1. The zero-order valence-corrected chi connectivity index (χ0v) is 12.7. The van der Waals surface area contributed by atoms with Crippen molar-refractivity contribution in [2.24, 2.45) is 0 Å². The molecule has 0 spiro atoms. The molecular formula is C17H22N2O3. The van der Waals surface area contributed by atoms with Crippen LogP contribution in [-0.4, -0.2) is 46.9 Å². The average Bonchev–Trinajstić information content (AvgIpc) is 2.56. The summed E-state index contributed by atoms with van der Waals surface area (Å²) in [5, 5.41) is 19.6. The fourth-order valence-corrected chi connectivity index (χ4v) is 2.31. The Kier molecular flexibility index (Phi) is 6.33. The normalized spacial score (nSPS) is 12.4. The lowest BCUT2D eigenvalue weighted by Crippen LogP contribution is -2.31. The highest BCUT2D eigenvalue weighted by molar-refractivity contribution is 5.23. The van der Waals surface area contributed by atoms with E-state index in [-0.39, 0.29) is 6.61 Å². The highest BCUT2D eigenvalue weighted by Crippen LogP contribution is 2.18. The van der Waals surface area contributed by atoms with Gasteiger partial charge in [0.15, 0.2) is 0 Å². The molecule has 1 unspecified atom stereocenters. The Morgan fingerprint density at radius 2 is 2.00 bits per heavy atom. The third-order valence-corrected chi connectivity index (χ3v) is 3.45. The summed E-state index contributed by atoms with van der Waals surface area (Å²) in [6, 6.07) is 13.5. The molecule has 2 rings (SSSR count). The molecular weight excluding hydrogens is 280 g/mol. The van der Waals surface area contributed by atoms with Gasteiger partial charge in [-0.3, -0.25) is 4.90 Å². The van der Waals surface area contributed by atoms with Gasteiger partial charge < -0.3 is 14.9 Å². The van der Waals surface area contributed by atoms with Crippen LogP contribution in [0.4, 0.5) is 0 Å². The molecule has 0 radical (unpaired) electrons. The average molecular weight is 302 g/mol. The number of hydrogen-bond acceptors (Lipinski definition) is 5. The van der Waals surface area contributed by atoms with Crippen LogP contribution in [0, 0.1) is 0 Å². The zero-order valence-electron chi connectivity index (χ0n) is 12.7. The van der Waals surface area contributed by atoms with Crippen LogP contribution in [0.15, 0.2) is 48.7 Å². The molecule has 1 atom stereocenters. The summed E-state index contributed by atoms with van der Waals surface area (Å²) in [6.07, 6.45) is 0.956. The number of pyridine rings is 1. The van der Waals surface area contributed by atoms with Crippen LogP contribution in [0.2, 0.25) is 0 Å². The van der Waals surface area contributed by atoms with Crippen molar-refractivity contribution in [3.8, 4) is 5.88 Å². The van der Waals surface area contributed by atoms with E-state index in [1.165, 1.54) is 0 Å². The monoisotopic (exact) mass is 302 g/mol. The first-order chi connectivity index (χ1) is 10.7. The standard InChI is InChI=1S/C17H22N2O3/c1-22-17-11-15(7-8-18-17)16(21)13-19(9-10-20)12-14-5-3-2-4-6-14/h2-8,11,16,20-21H,9-10,12-13H2,1H3. The van der Waals surface area contributed by atoms with Gasteiger partial charge in [0.2, 0.25) is 5.88 Å². The van der Waals surface area contributed by atoms with E-state index in [1.807, 2.05) is 35.2 Å². The number of aliphatic hydroxyl groups excluding tert-OH is 2. The molecule has 22 heavy (non-hydrogen) atoms. The van der Waals surface area contributed by atoms with E-state index in [1.54, 1.807) is 25.4 Å². The molecule has 1 aromatic heterocycles. The molecule has 0 saturated carbocycles. The number of aliphatic hydroxyl groups is 2. The predicted octanol–water partition coefficient (Wildman–Crippen LogP) is 1.62. The summed E-state index contributed by atoms with van der Waals surface area (Å²) < 4.78 is 5.08. The van der Waals surface area contributed by atoms with Gasteiger partial charge in [0.05, 0.1) is 19.8 Å². The van der Waals surface area contributed by atoms with Crippen LogP contribution in [-0.2, 0) is 6.54 Å². The Balaban J connectivity index is 2.03. The maximum absolute atomic E-state index is 10.4. The van der Waals surface area contributed by atoms with E-state index in [0.29, 0.717) is 25.5 Å². The van der Waals surface area contributed by atoms with Crippen LogP contribution >= 0.6 is 0 Å². The quantitative estimate of drug-likeness (QED) is 0.775. The maximum Gasteiger partial charge on any atom is 0.213 e. The number of rotatable bonds is 8. The molecule has 2 N–H and O–H groups in total. The molecule has 0 saturated heterocycles. The molecule has 0 fully saturated rings. The Morgan fingerprint density at radius 1 is 1.23 bits per heavy atom. The molecule has 0 aliphatic heterocycles. The highest BCUT2D eigenvalue weighted by Gasteiger charge is 2.14. The van der Waals surface area contributed by atoms with Gasteiger partial charge in [-0.15, -0.1) is 0 Å². The van der Waals surface area contributed by atoms with E-state index in [0.717, 1.165) is 11.1 Å². The van der Waals surface area contributed by atoms with Crippen LogP contribution in [0.25, 0.3) is 0 Å². The second kappa shape index (κ2) is 8.48. The number of benzene rings is 1. The van der Waals surface area contributed by atoms with Crippen molar-refractivity contribution in [1.29, 1.82) is 0 Å². The number of nitrogens with zero attached hydrogens (tertiary/aromatic N) is 2. The summed E-state index contributed by atoms with van der Waals surface area (Å²) >= 11 is 0. The van der Waals surface area contributed by atoms with Crippen molar-refractivity contribution in [1.82, 2.24) is 9.88 Å². The second-order valence-corrected chi connectivity index (χ2v) is 5.09. The van der Waals surface area contributed by atoms with Crippen molar-refractivity contribution in [3.63, 3.8) is 0 Å². The number of hydrogen-bond donors (Lipinski definition) is 2. The first kappa shape index (κ1) is 16.4. The Labute approximate surface area is 130 Å². The molecule has 1 heterocycles.